The average molecular weight is 395 g/mol. The minimum atomic E-state index is -0.396. The van der Waals surface area contributed by atoms with Crippen LogP contribution < -0.4 is 0 Å². The molecule has 1 aliphatic heterocycles. The van der Waals surface area contributed by atoms with Crippen LogP contribution in [0.4, 0.5) is 0 Å². The van der Waals surface area contributed by atoms with Crippen LogP contribution >= 0.6 is 33.9 Å². The van der Waals surface area contributed by atoms with Gasteiger partial charge in [0.2, 0.25) is 5.90 Å². The summed E-state index contributed by atoms with van der Waals surface area (Å²) < 4.78 is 6.28. The predicted octanol–water partition coefficient (Wildman–Crippen LogP) is 4.01. The molecule has 0 aliphatic carbocycles. The Bertz CT molecular complexity index is 746. The number of hydrogen-bond donors (Lipinski definition) is 0. The number of aryl methyl sites for hydroxylation is 1. The maximum absolute atomic E-state index is 11.9. The molecule has 3 nitrogen and oxygen atoms in total. The lowest BCUT2D eigenvalue weighted by Crippen LogP contribution is -2.06. The molecule has 2 heterocycles. The number of halogens is 1. The van der Waals surface area contributed by atoms with E-state index in [-0.39, 0.29) is 0 Å². The maximum Gasteiger partial charge on any atom is 0.363 e. The summed E-state index contributed by atoms with van der Waals surface area (Å²) >= 11 is 3.79. The Morgan fingerprint density at radius 2 is 2.10 bits per heavy atom. The molecule has 0 spiro atoms. The van der Waals surface area contributed by atoms with Crippen LogP contribution in [0.2, 0.25) is 0 Å². The number of nitrogens with zero attached hydrogens (tertiary/aromatic N) is 1. The molecule has 1 aromatic heterocycles. The van der Waals surface area contributed by atoms with Crippen molar-refractivity contribution in [2.75, 3.05) is 0 Å². The van der Waals surface area contributed by atoms with E-state index in [1.54, 1.807) is 17.4 Å². The number of carbonyl (C=O) groups is 1. The van der Waals surface area contributed by atoms with Crippen LogP contribution in [0.25, 0.3) is 6.08 Å². The van der Waals surface area contributed by atoms with Gasteiger partial charge < -0.3 is 4.74 Å². The molecule has 2 aromatic rings. The summed E-state index contributed by atoms with van der Waals surface area (Å²) in [7, 11) is 0. The van der Waals surface area contributed by atoms with Crippen molar-refractivity contribution in [2.45, 2.75) is 6.92 Å². The molecule has 0 unspecified atom stereocenters. The van der Waals surface area contributed by atoms with Gasteiger partial charge >= 0.3 is 5.97 Å². The smallest absolute Gasteiger partial charge is 0.363 e. The summed E-state index contributed by atoms with van der Waals surface area (Å²) in [5, 5.41) is 1.99. The highest BCUT2D eigenvalue weighted by Crippen LogP contribution is 2.24. The van der Waals surface area contributed by atoms with E-state index in [0.717, 1.165) is 19.6 Å². The van der Waals surface area contributed by atoms with Crippen molar-refractivity contribution in [3.8, 4) is 0 Å². The van der Waals surface area contributed by atoms with Gasteiger partial charge in [-0.05, 0) is 64.7 Å². The zero-order valence-electron chi connectivity index (χ0n) is 10.6. The first-order valence-electron chi connectivity index (χ1n) is 5.97. The topological polar surface area (TPSA) is 38.7 Å². The molecule has 20 heavy (non-hydrogen) atoms. The van der Waals surface area contributed by atoms with Crippen molar-refractivity contribution in [3.63, 3.8) is 0 Å². The molecular weight excluding hydrogens is 385 g/mol. The van der Waals surface area contributed by atoms with Crippen molar-refractivity contribution >= 4 is 51.9 Å². The second kappa shape index (κ2) is 5.49. The second-order valence-corrected chi connectivity index (χ2v) is 6.39. The quantitative estimate of drug-likeness (QED) is 0.438. The zero-order chi connectivity index (χ0) is 14.1. The monoisotopic (exact) mass is 395 g/mol. The first kappa shape index (κ1) is 13.5. The van der Waals surface area contributed by atoms with Gasteiger partial charge in [0.15, 0.2) is 5.70 Å². The molecule has 0 radical (unpaired) electrons. The molecule has 5 heteroatoms. The fourth-order valence-corrected chi connectivity index (χ4v) is 3.29. The van der Waals surface area contributed by atoms with Gasteiger partial charge in [0, 0.05) is 8.45 Å². The van der Waals surface area contributed by atoms with Gasteiger partial charge in [-0.15, -0.1) is 11.3 Å². The third-order valence-corrected chi connectivity index (χ3v) is 4.80. The SMILES string of the molecule is Cc1ccsc1/C=C1\N=C(c2ccccc2I)OC1=O. The Morgan fingerprint density at radius 3 is 2.80 bits per heavy atom. The highest BCUT2D eigenvalue weighted by atomic mass is 127. The van der Waals surface area contributed by atoms with E-state index in [2.05, 4.69) is 27.6 Å². The van der Waals surface area contributed by atoms with Crippen LogP contribution in [0, 0.1) is 10.5 Å². The predicted molar refractivity (Wildman–Crippen MR) is 88.8 cm³/mol. The van der Waals surface area contributed by atoms with Crippen LogP contribution in [0.15, 0.2) is 46.4 Å². The van der Waals surface area contributed by atoms with Gasteiger partial charge in [-0.2, -0.15) is 0 Å². The molecule has 100 valence electrons. The highest BCUT2D eigenvalue weighted by molar-refractivity contribution is 14.1. The van der Waals surface area contributed by atoms with E-state index >= 15 is 0 Å². The van der Waals surface area contributed by atoms with Crippen LogP contribution in [-0.4, -0.2) is 11.9 Å². The highest BCUT2D eigenvalue weighted by Gasteiger charge is 2.25. The maximum atomic E-state index is 11.9. The van der Waals surface area contributed by atoms with Crippen molar-refractivity contribution in [1.29, 1.82) is 0 Å². The molecule has 0 N–H and O–H groups in total. The lowest BCUT2D eigenvalue weighted by molar-refractivity contribution is -0.129. The molecule has 0 bridgehead atoms. The molecule has 0 saturated carbocycles. The van der Waals surface area contributed by atoms with E-state index in [1.165, 1.54) is 0 Å². The van der Waals surface area contributed by atoms with Gasteiger partial charge in [-0.1, -0.05) is 12.1 Å². The number of esters is 1. The summed E-state index contributed by atoms with van der Waals surface area (Å²) in [6, 6.07) is 9.71. The molecule has 0 amide bonds. The summed E-state index contributed by atoms with van der Waals surface area (Å²) in [6.45, 7) is 2.01. The summed E-state index contributed by atoms with van der Waals surface area (Å²) in [5.41, 5.74) is 2.33. The lowest BCUT2D eigenvalue weighted by atomic mass is 10.2. The number of thiophene rings is 1. The number of ether oxygens (including phenoxy) is 1. The third kappa shape index (κ3) is 2.55. The van der Waals surface area contributed by atoms with E-state index in [1.807, 2.05) is 42.6 Å². The number of hydrogen-bond acceptors (Lipinski definition) is 4. The standard InChI is InChI=1S/C15H10INO2S/c1-9-6-7-20-13(9)8-12-15(18)19-14(17-12)10-4-2-3-5-11(10)16/h2-8H,1H3/b12-8-. The van der Waals surface area contributed by atoms with Crippen molar-refractivity contribution in [3.05, 3.63) is 61.0 Å². The number of carbonyl (C=O) groups excluding carboxylic acids is 1. The van der Waals surface area contributed by atoms with Gasteiger partial charge in [0.05, 0.1) is 5.56 Å². The van der Waals surface area contributed by atoms with Gasteiger partial charge in [-0.3, -0.25) is 0 Å². The average Bonchev–Trinajstić information content (AvgIpc) is 2.98. The molecule has 0 saturated heterocycles. The van der Waals surface area contributed by atoms with E-state index < -0.39 is 5.97 Å². The number of rotatable bonds is 2. The van der Waals surface area contributed by atoms with Gasteiger partial charge in [0.1, 0.15) is 0 Å². The summed E-state index contributed by atoms with van der Waals surface area (Å²) in [5.74, 6) is -0.0205. The zero-order valence-corrected chi connectivity index (χ0v) is 13.6. The Kier molecular flexibility index (Phi) is 3.71. The van der Waals surface area contributed by atoms with Crippen LogP contribution in [0.1, 0.15) is 16.0 Å². The third-order valence-electron chi connectivity index (χ3n) is 2.89. The van der Waals surface area contributed by atoms with Crippen LogP contribution in [0.5, 0.6) is 0 Å². The van der Waals surface area contributed by atoms with Crippen molar-refractivity contribution in [2.24, 2.45) is 4.99 Å². The number of benzene rings is 1. The van der Waals surface area contributed by atoms with Crippen LogP contribution in [-0.2, 0) is 9.53 Å². The molecule has 1 aromatic carbocycles. The minimum absolute atomic E-state index is 0.352. The second-order valence-electron chi connectivity index (χ2n) is 4.28. The van der Waals surface area contributed by atoms with Crippen molar-refractivity contribution < 1.29 is 9.53 Å². The van der Waals surface area contributed by atoms with Crippen LogP contribution in [0.3, 0.4) is 0 Å². The van der Waals surface area contributed by atoms with Gasteiger partial charge in [-0.25, -0.2) is 9.79 Å². The summed E-state index contributed by atoms with van der Waals surface area (Å²) in [6.07, 6.45) is 1.78. The molecular formula is C15H10INO2S. The van der Waals surface area contributed by atoms with Crippen molar-refractivity contribution in [1.82, 2.24) is 0 Å². The fourth-order valence-electron chi connectivity index (χ4n) is 1.82. The largest absolute Gasteiger partial charge is 0.402 e. The van der Waals surface area contributed by atoms with E-state index in [9.17, 15) is 4.79 Å². The number of aliphatic imine (C=N–C) groups is 1. The molecule has 1 aliphatic rings. The van der Waals surface area contributed by atoms with Gasteiger partial charge in [0.25, 0.3) is 0 Å². The molecule has 3 rings (SSSR count). The summed E-state index contributed by atoms with van der Waals surface area (Å²) in [4.78, 5) is 17.3. The van der Waals surface area contributed by atoms with E-state index in [4.69, 9.17) is 4.74 Å². The Labute approximate surface area is 134 Å². The Balaban J connectivity index is 2.00. The minimum Gasteiger partial charge on any atom is -0.402 e. The lowest BCUT2D eigenvalue weighted by Gasteiger charge is -2.01. The molecule has 0 fully saturated rings. The molecule has 0 atom stereocenters. The number of cyclic esters (lactones) is 1. The first-order valence-corrected chi connectivity index (χ1v) is 7.92. The van der Waals surface area contributed by atoms with E-state index in [0.29, 0.717) is 11.6 Å². The first-order chi connectivity index (χ1) is 9.65. The Hall–Kier alpha value is -1.47. The fraction of sp³-hybridized carbons (Fsp3) is 0.0667. The normalized spacial score (nSPS) is 16.4. The Morgan fingerprint density at radius 1 is 1.30 bits per heavy atom.